The molecule has 1 aromatic carbocycles. The van der Waals surface area contributed by atoms with E-state index in [-0.39, 0.29) is 0 Å². The van der Waals surface area contributed by atoms with Crippen molar-refractivity contribution >= 4 is 11.0 Å². The number of nitrogens with one attached hydrogen (secondary N) is 1. The van der Waals surface area contributed by atoms with Crippen LogP contribution in [0.25, 0.3) is 11.0 Å². The second kappa shape index (κ2) is 4.67. The fourth-order valence-corrected chi connectivity index (χ4v) is 2.77. The van der Waals surface area contributed by atoms with Crippen LogP contribution in [-0.4, -0.2) is 34.0 Å². The van der Waals surface area contributed by atoms with Crippen LogP contribution >= 0.6 is 0 Å². The van der Waals surface area contributed by atoms with Crippen LogP contribution in [0.5, 0.6) is 0 Å². The first-order valence-electron chi connectivity index (χ1n) is 6.81. The maximum absolute atomic E-state index is 8.92. The number of rotatable bonds is 2. The minimum absolute atomic E-state index is 0.486. The van der Waals surface area contributed by atoms with E-state index < -0.39 is 0 Å². The van der Waals surface area contributed by atoms with Gasteiger partial charge in [-0.25, -0.2) is 4.98 Å². The third-order valence-corrected chi connectivity index (χ3v) is 3.97. The molecule has 19 heavy (non-hydrogen) atoms. The zero-order chi connectivity index (χ0) is 13.4. The number of hydrogen-bond acceptors (Lipinski definition) is 3. The quantitative estimate of drug-likeness (QED) is 0.896. The lowest BCUT2D eigenvalue weighted by molar-refractivity contribution is 0.272. The van der Waals surface area contributed by atoms with Gasteiger partial charge >= 0.3 is 0 Å². The van der Waals surface area contributed by atoms with Crippen LogP contribution in [0.15, 0.2) is 18.2 Å². The minimum Gasteiger partial charge on any atom is -0.342 e. The molecule has 1 saturated heterocycles. The van der Waals surface area contributed by atoms with E-state index in [1.165, 1.54) is 0 Å². The Hall–Kier alpha value is -1.86. The van der Waals surface area contributed by atoms with E-state index in [9.17, 15) is 0 Å². The van der Waals surface area contributed by atoms with Gasteiger partial charge in [0, 0.05) is 18.5 Å². The van der Waals surface area contributed by atoms with Gasteiger partial charge in [-0.3, -0.25) is 0 Å². The minimum atomic E-state index is 0.486. The zero-order valence-electron chi connectivity index (χ0n) is 11.3. The summed E-state index contributed by atoms with van der Waals surface area (Å²) >= 11 is 0. The van der Waals surface area contributed by atoms with E-state index in [4.69, 9.17) is 5.26 Å². The molecule has 1 aliphatic rings. The summed E-state index contributed by atoms with van der Waals surface area (Å²) in [5.41, 5.74) is 2.60. The van der Waals surface area contributed by atoms with Gasteiger partial charge in [-0.15, -0.1) is 0 Å². The molecule has 1 aliphatic heterocycles. The molecule has 0 amide bonds. The summed E-state index contributed by atoms with van der Waals surface area (Å²) in [6.07, 6.45) is 1.16. The average molecular weight is 254 g/mol. The summed E-state index contributed by atoms with van der Waals surface area (Å²) in [6, 6.07) is 8.38. The summed E-state index contributed by atoms with van der Waals surface area (Å²) in [4.78, 5) is 10.5. The lowest BCUT2D eigenvalue weighted by atomic mass is 10.1. The largest absolute Gasteiger partial charge is 0.342 e. The van der Waals surface area contributed by atoms with Gasteiger partial charge in [-0.1, -0.05) is 0 Å². The molecular formula is C15H18N4. The molecule has 98 valence electrons. The predicted molar refractivity (Wildman–Crippen MR) is 74.9 cm³/mol. The van der Waals surface area contributed by atoms with Crippen molar-refractivity contribution in [1.29, 1.82) is 5.26 Å². The van der Waals surface area contributed by atoms with Gasteiger partial charge in [0.05, 0.1) is 22.7 Å². The number of nitriles is 1. The van der Waals surface area contributed by atoms with Crippen LogP contribution in [0, 0.1) is 11.3 Å². The van der Waals surface area contributed by atoms with E-state index in [1.54, 1.807) is 0 Å². The molecule has 4 heteroatoms. The van der Waals surface area contributed by atoms with Gasteiger partial charge in [0.25, 0.3) is 0 Å². The highest BCUT2D eigenvalue weighted by Crippen LogP contribution is 2.28. The Labute approximate surface area is 113 Å². The van der Waals surface area contributed by atoms with Crippen LogP contribution in [0.2, 0.25) is 0 Å². The molecule has 2 heterocycles. The van der Waals surface area contributed by atoms with Crippen molar-refractivity contribution in [2.75, 3.05) is 13.1 Å². The number of fused-ring (bicyclic) bond motifs is 1. The molecule has 0 bridgehead atoms. The smallest absolute Gasteiger partial charge is 0.111 e. The molecule has 1 fully saturated rings. The van der Waals surface area contributed by atoms with Crippen LogP contribution < -0.4 is 0 Å². The molecule has 0 aliphatic carbocycles. The molecule has 1 atom stereocenters. The van der Waals surface area contributed by atoms with E-state index in [1.807, 2.05) is 18.2 Å². The van der Waals surface area contributed by atoms with Gasteiger partial charge < -0.3 is 9.88 Å². The number of nitrogens with zero attached hydrogens (tertiary/aromatic N) is 3. The summed E-state index contributed by atoms with van der Waals surface area (Å²) < 4.78 is 0. The fourth-order valence-electron chi connectivity index (χ4n) is 2.77. The van der Waals surface area contributed by atoms with E-state index >= 15 is 0 Å². The van der Waals surface area contributed by atoms with Gasteiger partial charge in [0.15, 0.2) is 0 Å². The SMILES string of the molecule is CC(C)N1CCC(c2nc3ccc(C#N)cc3[nH]2)C1. The van der Waals surface area contributed by atoms with Crippen molar-refractivity contribution in [3.05, 3.63) is 29.6 Å². The van der Waals surface area contributed by atoms with Gasteiger partial charge in [-0.2, -0.15) is 5.26 Å². The van der Waals surface area contributed by atoms with Crippen molar-refractivity contribution in [3.63, 3.8) is 0 Å². The number of imidazole rings is 1. The molecule has 1 unspecified atom stereocenters. The number of aromatic amines is 1. The van der Waals surface area contributed by atoms with E-state index in [0.717, 1.165) is 36.4 Å². The highest BCUT2D eigenvalue weighted by molar-refractivity contribution is 5.76. The molecule has 2 aromatic rings. The van der Waals surface area contributed by atoms with Crippen molar-refractivity contribution in [2.45, 2.75) is 32.2 Å². The standard InChI is InChI=1S/C15H18N4/c1-10(2)19-6-5-12(9-19)15-17-13-4-3-11(8-16)7-14(13)18-15/h3-4,7,10,12H,5-6,9H2,1-2H3,(H,17,18). The van der Waals surface area contributed by atoms with Gasteiger partial charge in [-0.05, 0) is 45.0 Å². The Morgan fingerprint density at radius 3 is 3.00 bits per heavy atom. The van der Waals surface area contributed by atoms with Gasteiger partial charge in [0.1, 0.15) is 5.82 Å². The van der Waals surface area contributed by atoms with Crippen molar-refractivity contribution in [1.82, 2.24) is 14.9 Å². The summed E-state index contributed by atoms with van der Waals surface area (Å²) in [5, 5.41) is 8.92. The zero-order valence-corrected chi connectivity index (χ0v) is 11.3. The lowest BCUT2D eigenvalue weighted by Crippen LogP contribution is -2.28. The molecular weight excluding hydrogens is 236 g/mol. The Kier molecular flexibility index (Phi) is 3.00. The topological polar surface area (TPSA) is 55.7 Å². The van der Waals surface area contributed by atoms with Crippen LogP contribution in [0.4, 0.5) is 0 Å². The third-order valence-electron chi connectivity index (χ3n) is 3.97. The van der Waals surface area contributed by atoms with Gasteiger partial charge in [0.2, 0.25) is 0 Å². The molecule has 4 nitrogen and oxygen atoms in total. The third kappa shape index (κ3) is 2.22. The van der Waals surface area contributed by atoms with E-state index in [2.05, 4.69) is 34.8 Å². The molecule has 0 radical (unpaired) electrons. The number of H-pyrrole nitrogens is 1. The van der Waals surface area contributed by atoms with Crippen LogP contribution in [-0.2, 0) is 0 Å². The molecule has 0 spiro atoms. The summed E-state index contributed by atoms with van der Waals surface area (Å²) in [7, 11) is 0. The molecule has 3 rings (SSSR count). The van der Waals surface area contributed by atoms with Crippen molar-refractivity contribution in [2.24, 2.45) is 0 Å². The average Bonchev–Trinajstić information content (AvgIpc) is 3.04. The molecule has 1 aromatic heterocycles. The Morgan fingerprint density at radius 2 is 2.32 bits per heavy atom. The first kappa shape index (κ1) is 12.2. The van der Waals surface area contributed by atoms with Crippen LogP contribution in [0.3, 0.4) is 0 Å². The van der Waals surface area contributed by atoms with E-state index in [0.29, 0.717) is 17.5 Å². The summed E-state index contributed by atoms with van der Waals surface area (Å²) in [5.74, 6) is 1.55. The normalized spacial score (nSPS) is 20.2. The molecule has 0 saturated carbocycles. The number of aromatic nitrogens is 2. The van der Waals surface area contributed by atoms with Crippen LogP contribution in [0.1, 0.15) is 37.6 Å². The summed E-state index contributed by atoms with van der Waals surface area (Å²) in [6.45, 7) is 6.69. The highest BCUT2D eigenvalue weighted by atomic mass is 15.2. The fraction of sp³-hybridized carbons (Fsp3) is 0.467. The number of benzene rings is 1. The van der Waals surface area contributed by atoms with Crippen molar-refractivity contribution in [3.8, 4) is 6.07 Å². The Balaban J connectivity index is 1.88. The predicted octanol–water partition coefficient (Wildman–Crippen LogP) is 2.63. The Bertz CT molecular complexity index is 635. The highest BCUT2D eigenvalue weighted by Gasteiger charge is 2.27. The second-order valence-corrected chi connectivity index (χ2v) is 5.54. The maximum Gasteiger partial charge on any atom is 0.111 e. The molecule has 1 N–H and O–H groups in total. The van der Waals surface area contributed by atoms with Crippen molar-refractivity contribution < 1.29 is 0 Å². The number of hydrogen-bond donors (Lipinski definition) is 1. The second-order valence-electron chi connectivity index (χ2n) is 5.54. The Morgan fingerprint density at radius 1 is 1.47 bits per heavy atom. The number of likely N-dealkylation sites (tertiary alicyclic amines) is 1. The first-order valence-corrected chi connectivity index (χ1v) is 6.81. The first-order chi connectivity index (χ1) is 9.17. The lowest BCUT2D eigenvalue weighted by Gasteiger charge is -2.19. The monoisotopic (exact) mass is 254 g/mol. The maximum atomic E-state index is 8.92.